The first kappa shape index (κ1) is 17.2. The number of aromatic nitrogens is 1. The van der Waals surface area contributed by atoms with Gasteiger partial charge in [-0.25, -0.2) is 4.98 Å². The number of carbonyl (C=O) groups is 1. The predicted molar refractivity (Wildman–Crippen MR) is 92.8 cm³/mol. The normalized spacial score (nSPS) is 20.2. The minimum atomic E-state index is -0.0317. The van der Waals surface area contributed by atoms with Gasteiger partial charge in [0, 0.05) is 25.4 Å². The Morgan fingerprint density at radius 3 is 2.44 bits per heavy atom. The van der Waals surface area contributed by atoms with E-state index in [-0.39, 0.29) is 24.7 Å². The van der Waals surface area contributed by atoms with E-state index in [0.29, 0.717) is 30.5 Å². The van der Waals surface area contributed by atoms with Gasteiger partial charge in [-0.2, -0.15) is 0 Å². The SMILES string of the molecule is C[C@@H]1CN(C(=O)COc2ccc(Oc3ccccn3)cc2)C[C@@H](C)O1. The molecule has 25 heavy (non-hydrogen) atoms. The van der Waals surface area contributed by atoms with E-state index in [4.69, 9.17) is 14.2 Å². The van der Waals surface area contributed by atoms with Crippen LogP contribution in [0.5, 0.6) is 17.4 Å². The Kier molecular flexibility index (Phi) is 5.50. The highest BCUT2D eigenvalue weighted by Crippen LogP contribution is 2.22. The molecule has 2 heterocycles. The highest BCUT2D eigenvalue weighted by Gasteiger charge is 2.25. The summed E-state index contributed by atoms with van der Waals surface area (Å²) in [5.74, 6) is 1.78. The molecule has 1 amide bonds. The lowest BCUT2D eigenvalue weighted by Gasteiger charge is -2.35. The number of benzene rings is 1. The number of pyridine rings is 1. The smallest absolute Gasteiger partial charge is 0.260 e. The van der Waals surface area contributed by atoms with Crippen LogP contribution in [0.4, 0.5) is 0 Å². The number of hydrogen-bond donors (Lipinski definition) is 0. The van der Waals surface area contributed by atoms with E-state index >= 15 is 0 Å². The summed E-state index contributed by atoms with van der Waals surface area (Å²) in [6.07, 6.45) is 1.78. The van der Waals surface area contributed by atoms with Gasteiger partial charge in [-0.1, -0.05) is 6.07 Å². The molecule has 2 aromatic rings. The standard InChI is InChI=1S/C19H22N2O4/c1-14-11-21(12-15(2)24-14)19(22)13-23-16-6-8-17(9-7-16)25-18-5-3-4-10-20-18/h3-10,14-15H,11-13H2,1-2H3/t14-,15-/m1/s1. The monoisotopic (exact) mass is 342 g/mol. The van der Waals surface area contributed by atoms with Crippen molar-refractivity contribution in [1.82, 2.24) is 9.88 Å². The maximum atomic E-state index is 12.3. The van der Waals surface area contributed by atoms with E-state index in [1.807, 2.05) is 26.0 Å². The summed E-state index contributed by atoms with van der Waals surface area (Å²) in [5.41, 5.74) is 0. The molecule has 1 aliphatic rings. The van der Waals surface area contributed by atoms with Gasteiger partial charge in [-0.05, 0) is 44.2 Å². The van der Waals surface area contributed by atoms with Crippen molar-refractivity contribution in [3.8, 4) is 17.4 Å². The number of ether oxygens (including phenoxy) is 3. The third kappa shape index (κ3) is 4.93. The average molecular weight is 342 g/mol. The zero-order chi connectivity index (χ0) is 17.6. The molecule has 0 aliphatic carbocycles. The van der Waals surface area contributed by atoms with E-state index < -0.39 is 0 Å². The summed E-state index contributed by atoms with van der Waals surface area (Å²) in [5, 5.41) is 0. The van der Waals surface area contributed by atoms with Gasteiger partial charge in [0.05, 0.1) is 12.2 Å². The topological polar surface area (TPSA) is 60.9 Å². The van der Waals surface area contributed by atoms with Gasteiger partial charge in [-0.3, -0.25) is 4.79 Å². The highest BCUT2D eigenvalue weighted by atomic mass is 16.5. The largest absolute Gasteiger partial charge is 0.484 e. The van der Waals surface area contributed by atoms with Gasteiger partial charge >= 0.3 is 0 Å². The molecule has 6 nitrogen and oxygen atoms in total. The molecule has 0 saturated carbocycles. The Bertz CT molecular complexity index is 680. The fourth-order valence-electron chi connectivity index (χ4n) is 2.75. The van der Waals surface area contributed by atoms with Gasteiger partial charge in [0.15, 0.2) is 6.61 Å². The zero-order valence-corrected chi connectivity index (χ0v) is 14.4. The van der Waals surface area contributed by atoms with Crippen LogP contribution in [0.25, 0.3) is 0 Å². The number of rotatable bonds is 5. The first-order chi connectivity index (χ1) is 12.1. The summed E-state index contributed by atoms with van der Waals surface area (Å²) in [7, 11) is 0. The lowest BCUT2D eigenvalue weighted by atomic mass is 10.2. The van der Waals surface area contributed by atoms with Crippen molar-refractivity contribution in [3.05, 3.63) is 48.7 Å². The van der Waals surface area contributed by atoms with E-state index in [1.165, 1.54) is 0 Å². The molecule has 3 rings (SSSR count). The number of morpholine rings is 1. The van der Waals surface area contributed by atoms with Crippen LogP contribution >= 0.6 is 0 Å². The summed E-state index contributed by atoms with van der Waals surface area (Å²) < 4.78 is 16.9. The fourth-order valence-corrected chi connectivity index (χ4v) is 2.75. The third-order valence-electron chi connectivity index (χ3n) is 3.82. The van der Waals surface area contributed by atoms with Crippen LogP contribution in [0.15, 0.2) is 48.7 Å². The second kappa shape index (κ2) is 7.98. The highest BCUT2D eigenvalue weighted by molar-refractivity contribution is 5.78. The Labute approximate surface area is 147 Å². The predicted octanol–water partition coefficient (Wildman–Crippen LogP) is 2.89. The van der Waals surface area contributed by atoms with Crippen molar-refractivity contribution in [2.75, 3.05) is 19.7 Å². The lowest BCUT2D eigenvalue weighted by Crippen LogP contribution is -2.49. The minimum Gasteiger partial charge on any atom is -0.484 e. The minimum absolute atomic E-state index is 0.0138. The summed E-state index contributed by atoms with van der Waals surface area (Å²) >= 11 is 0. The molecular formula is C19H22N2O4. The number of amides is 1. The molecule has 0 bridgehead atoms. The van der Waals surface area contributed by atoms with E-state index in [9.17, 15) is 4.79 Å². The number of carbonyl (C=O) groups excluding carboxylic acids is 1. The van der Waals surface area contributed by atoms with E-state index in [0.717, 1.165) is 0 Å². The Balaban J connectivity index is 1.51. The van der Waals surface area contributed by atoms with Crippen molar-refractivity contribution in [2.45, 2.75) is 26.1 Å². The Morgan fingerprint density at radius 1 is 1.12 bits per heavy atom. The average Bonchev–Trinajstić information content (AvgIpc) is 2.61. The molecular weight excluding hydrogens is 320 g/mol. The molecule has 0 N–H and O–H groups in total. The second-order valence-electron chi connectivity index (χ2n) is 6.09. The Morgan fingerprint density at radius 2 is 1.80 bits per heavy atom. The molecule has 0 radical (unpaired) electrons. The number of nitrogens with zero attached hydrogens (tertiary/aromatic N) is 2. The molecule has 1 saturated heterocycles. The van der Waals surface area contributed by atoms with Crippen molar-refractivity contribution in [2.24, 2.45) is 0 Å². The van der Waals surface area contributed by atoms with Crippen LogP contribution in [0.1, 0.15) is 13.8 Å². The zero-order valence-electron chi connectivity index (χ0n) is 14.4. The molecule has 0 spiro atoms. The summed E-state index contributed by atoms with van der Waals surface area (Å²) in [6, 6.07) is 12.6. The molecule has 1 aromatic heterocycles. The van der Waals surface area contributed by atoms with Crippen LogP contribution < -0.4 is 9.47 Å². The third-order valence-corrected chi connectivity index (χ3v) is 3.82. The molecule has 1 fully saturated rings. The van der Waals surface area contributed by atoms with Gasteiger partial charge in [0.1, 0.15) is 11.5 Å². The van der Waals surface area contributed by atoms with Gasteiger partial charge in [0.2, 0.25) is 5.88 Å². The van der Waals surface area contributed by atoms with Crippen molar-refractivity contribution < 1.29 is 19.0 Å². The molecule has 1 aromatic carbocycles. The molecule has 1 aliphatic heterocycles. The molecule has 132 valence electrons. The maximum Gasteiger partial charge on any atom is 0.260 e. The molecule has 0 unspecified atom stereocenters. The summed E-state index contributed by atoms with van der Waals surface area (Å²) in [6.45, 7) is 5.15. The van der Waals surface area contributed by atoms with Crippen LogP contribution in [-0.2, 0) is 9.53 Å². The first-order valence-electron chi connectivity index (χ1n) is 8.35. The van der Waals surface area contributed by atoms with E-state index in [2.05, 4.69) is 4.98 Å². The molecule has 6 heteroatoms. The summed E-state index contributed by atoms with van der Waals surface area (Å²) in [4.78, 5) is 18.2. The molecule has 2 atom stereocenters. The van der Waals surface area contributed by atoms with Crippen LogP contribution in [0, 0.1) is 0 Å². The van der Waals surface area contributed by atoms with E-state index in [1.54, 1.807) is 41.4 Å². The maximum absolute atomic E-state index is 12.3. The second-order valence-corrected chi connectivity index (χ2v) is 6.09. The lowest BCUT2D eigenvalue weighted by molar-refractivity contribution is -0.145. The van der Waals surface area contributed by atoms with Crippen molar-refractivity contribution in [1.29, 1.82) is 0 Å². The van der Waals surface area contributed by atoms with Crippen LogP contribution in [0.3, 0.4) is 0 Å². The van der Waals surface area contributed by atoms with Crippen molar-refractivity contribution >= 4 is 5.91 Å². The quantitative estimate of drug-likeness (QED) is 0.836. The Hall–Kier alpha value is -2.60. The van der Waals surface area contributed by atoms with Gasteiger partial charge < -0.3 is 19.1 Å². The van der Waals surface area contributed by atoms with Crippen molar-refractivity contribution in [3.63, 3.8) is 0 Å². The van der Waals surface area contributed by atoms with Crippen LogP contribution in [-0.4, -0.2) is 47.7 Å². The first-order valence-corrected chi connectivity index (χ1v) is 8.35. The number of hydrogen-bond acceptors (Lipinski definition) is 5. The van der Waals surface area contributed by atoms with Crippen LogP contribution in [0.2, 0.25) is 0 Å². The van der Waals surface area contributed by atoms with Gasteiger partial charge in [-0.15, -0.1) is 0 Å². The fraction of sp³-hybridized carbons (Fsp3) is 0.368. The van der Waals surface area contributed by atoms with Gasteiger partial charge in [0.25, 0.3) is 5.91 Å².